The molecule has 1 aromatic heterocycles. The maximum atomic E-state index is 11.9. The van der Waals surface area contributed by atoms with Crippen molar-refractivity contribution in [2.24, 2.45) is 10.8 Å². The number of nitrogens with two attached hydrogens (primary N) is 1. The predicted octanol–water partition coefficient (Wildman–Crippen LogP) is 1.06. The first-order valence-electron chi connectivity index (χ1n) is 11.6. The number of amides is 1. The molecule has 1 aliphatic heterocycles. The van der Waals surface area contributed by atoms with E-state index in [-0.39, 0.29) is 22.8 Å². The van der Waals surface area contributed by atoms with Crippen LogP contribution in [0, 0.1) is 0 Å². The van der Waals surface area contributed by atoms with E-state index in [1.807, 2.05) is 5.38 Å². The highest BCUT2D eigenvalue weighted by atomic mass is 32.1. The minimum Gasteiger partial charge on any atom is -0.507 e. The standard InChI is InChI=1S/C28H19N5O5S/c29-32-28(37)18-4-6-24-25(9-18)33(16-30-24)11-19-3-5-23(10-26(19)36)38-14-22-15-39-27(31-22)8-17-1-2-20(12-34)21(7-17)13-35/h1-7,9-11,15-16H,8,14,29H2,(H,32,37)/p+1. The highest BCUT2D eigenvalue weighted by Gasteiger charge is 2.23. The number of benzene rings is 3. The number of carbonyl (C=O) groups excluding carboxylic acids is 3. The van der Waals surface area contributed by atoms with E-state index in [0.29, 0.717) is 40.4 Å². The van der Waals surface area contributed by atoms with E-state index in [2.05, 4.69) is 15.4 Å². The quantitative estimate of drug-likeness (QED) is 0.138. The number of hydrazine groups is 1. The number of nitrogens with one attached hydrogen (secondary N) is 1. The number of aliphatic imine (C=N–C) groups is 1. The molecule has 1 aliphatic rings. The topological polar surface area (TPSA) is 147 Å². The third kappa shape index (κ3) is 5.57. The second-order valence-electron chi connectivity index (χ2n) is 8.46. The number of rotatable bonds is 7. The molecule has 10 nitrogen and oxygen atoms in total. The van der Waals surface area contributed by atoms with Crippen molar-refractivity contribution in [2.75, 3.05) is 0 Å². The Balaban J connectivity index is 1.26. The van der Waals surface area contributed by atoms with Crippen molar-refractivity contribution in [2.45, 2.75) is 13.0 Å². The number of thiazole rings is 1. The largest absolute Gasteiger partial charge is 0.507 e. The average Bonchev–Trinajstić information content (AvgIpc) is 3.58. The minimum absolute atomic E-state index is 0.00276. The smallest absolute Gasteiger partial charge is 0.292 e. The van der Waals surface area contributed by atoms with E-state index in [1.165, 1.54) is 17.4 Å². The van der Waals surface area contributed by atoms with Gasteiger partial charge in [0.1, 0.15) is 36.2 Å². The Morgan fingerprint density at radius 3 is 2.72 bits per heavy atom. The summed E-state index contributed by atoms with van der Waals surface area (Å²) in [6.45, 7) is 0.198. The molecular formula is C28H20N5O5S+. The lowest BCUT2D eigenvalue weighted by Crippen LogP contribution is -2.29. The molecule has 11 heteroatoms. The van der Waals surface area contributed by atoms with Crippen LogP contribution >= 0.6 is 11.3 Å². The molecule has 0 spiro atoms. The highest BCUT2D eigenvalue weighted by molar-refractivity contribution is 7.09. The highest BCUT2D eigenvalue weighted by Crippen LogP contribution is 2.33. The SMILES string of the molecule is NNC(=O)c1ccc2c(c1)[N+](=Cc1ccc(OCc3csc(Cc4ccc(=C=O)c(=C=O)c4)n3)cc1O)C=N2. The number of phenolic OH excluding ortho intramolecular Hbond substituents is 1. The van der Waals surface area contributed by atoms with E-state index >= 15 is 0 Å². The third-order valence-electron chi connectivity index (χ3n) is 5.89. The molecule has 3 aromatic carbocycles. The third-order valence-corrected chi connectivity index (χ3v) is 6.79. The van der Waals surface area contributed by atoms with E-state index in [4.69, 9.17) is 10.6 Å². The van der Waals surface area contributed by atoms with Gasteiger partial charge >= 0.3 is 0 Å². The zero-order valence-corrected chi connectivity index (χ0v) is 21.1. The fraction of sp³-hybridized carbons (Fsp3) is 0.0714. The Morgan fingerprint density at radius 1 is 1.10 bits per heavy atom. The Morgan fingerprint density at radius 2 is 1.95 bits per heavy atom. The lowest BCUT2D eigenvalue weighted by atomic mass is 10.1. The molecule has 0 saturated heterocycles. The van der Waals surface area contributed by atoms with E-state index in [1.54, 1.807) is 77.5 Å². The predicted molar refractivity (Wildman–Crippen MR) is 144 cm³/mol. The fourth-order valence-corrected chi connectivity index (χ4v) is 4.74. The van der Waals surface area contributed by atoms with E-state index < -0.39 is 5.91 Å². The van der Waals surface area contributed by atoms with Crippen LogP contribution in [0.2, 0.25) is 0 Å². The number of ether oxygens (including phenoxy) is 1. The molecule has 4 aromatic rings. The average molecular weight is 539 g/mol. The Bertz CT molecular complexity index is 1840. The van der Waals surface area contributed by atoms with Gasteiger partial charge in [0.15, 0.2) is 5.69 Å². The van der Waals surface area contributed by atoms with Crippen molar-refractivity contribution in [3.05, 3.63) is 97.8 Å². The number of aromatic hydroxyl groups is 1. The Kier molecular flexibility index (Phi) is 7.22. The number of aromatic nitrogens is 1. The van der Waals surface area contributed by atoms with Crippen LogP contribution in [0.3, 0.4) is 0 Å². The van der Waals surface area contributed by atoms with Crippen molar-refractivity contribution in [3.8, 4) is 11.5 Å². The molecule has 0 atom stereocenters. The number of carbonyl (C=O) groups is 1. The van der Waals surface area contributed by atoms with Crippen molar-refractivity contribution in [3.63, 3.8) is 0 Å². The van der Waals surface area contributed by atoms with Crippen molar-refractivity contribution in [1.82, 2.24) is 10.4 Å². The summed E-state index contributed by atoms with van der Waals surface area (Å²) in [4.78, 5) is 42.7. The van der Waals surface area contributed by atoms with Crippen molar-refractivity contribution >= 4 is 53.1 Å². The van der Waals surface area contributed by atoms with Gasteiger partial charge in [-0.3, -0.25) is 10.2 Å². The van der Waals surface area contributed by atoms with Gasteiger partial charge in [0.25, 0.3) is 12.2 Å². The summed E-state index contributed by atoms with van der Waals surface area (Å²) in [5, 5.41) is 13.6. The lowest BCUT2D eigenvalue weighted by molar-refractivity contribution is -0.282. The zero-order chi connectivity index (χ0) is 27.4. The summed E-state index contributed by atoms with van der Waals surface area (Å²) >= 11 is 1.45. The second kappa shape index (κ2) is 11.1. The van der Waals surface area contributed by atoms with E-state index in [9.17, 15) is 19.5 Å². The molecule has 5 rings (SSSR count). The van der Waals surface area contributed by atoms with Gasteiger partial charge in [0.2, 0.25) is 5.69 Å². The van der Waals surface area contributed by atoms with Crippen LogP contribution in [0.5, 0.6) is 11.5 Å². The summed E-state index contributed by atoms with van der Waals surface area (Å²) in [5.41, 5.74) is 5.92. The first kappa shape index (κ1) is 25.5. The second-order valence-corrected chi connectivity index (χ2v) is 9.40. The van der Waals surface area contributed by atoms with Gasteiger partial charge in [-0.25, -0.2) is 20.4 Å². The van der Waals surface area contributed by atoms with E-state index in [0.717, 1.165) is 10.6 Å². The fourth-order valence-electron chi connectivity index (χ4n) is 3.93. The summed E-state index contributed by atoms with van der Waals surface area (Å²) in [5.74, 6) is 8.76. The molecule has 0 fully saturated rings. The molecule has 39 heavy (non-hydrogen) atoms. The monoisotopic (exact) mass is 538 g/mol. The van der Waals surface area contributed by atoms with Gasteiger partial charge < -0.3 is 9.84 Å². The van der Waals surface area contributed by atoms with Gasteiger partial charge in [-0.2, -0.15) is 4.58 Å². The van der Waals surface area contributed by atoms with Crippen LogP contribution in [0.4, 0.5) is 11.4 Å². The molecule has 4 N–H and O–H groups in total. The van der Waals surface area contributed by atoms with Crippen LogP contribution in [0.25, 0.3) is 0 Å². The molecule has 0 saturated carbocycles. The molecule has 0 bridgehead atoms. The first-order chi connectivity index (χ1) is 19.0. The zero-order valence-electron chi connectivity index (χ0n) is 20.2. The molecule has 0 radical (unpaired) electrons. The number of nitrogen functional groups attached to an aromatic ring is 1. The molecule has 2 heterocycles. The summed E-state index contributed by atoms with van der Waals surface area (Å²) in [6, 6.07) is 14.9. The summed E-state index contributed by atoms with van der Waals surface area (Å²) in [6.07, 6.45) is 3.77. The number of fused-ring (bicyclic) bond motifs is 1. The normalized spacial score (nSPS) is 12.6. The van der Waals surface area contributed by atoms with Gasteiger partial charge in [-0.05, 0) is 47.0 Å². The van der Waals surface area contributed by atoms with Crippen molar-refractivity contribution in [1.29, 1.82) is 0 Å². The van der Waals surface area contributed by atoms with Crippen molar-refractivity contribution < 1.29 is 28.8 Å². The molecular weight excluding hydrogens is 518 g/mol. The Hall–Kier alpha value is -5.18. The number of hydrogen-bond donors (Lipinski definition) is 3. The van der Waals surface area contributed by atoms with Gasteiger partial charge in [0, 0.05) is 29.5 Å². The van der Waals surface area contributed by atoms with Gasteiger partial charge in [-0.1, -0.05) is 6.07 Å². The number of phenols is 1. The summed E-state index contributed by atoms with van der Waals surface area (Å²) < 4.78 is 7.52. The van der Waals surface area contributed by atoms with Crippen LogP contribution in [-0.2, 0) is 22.6 Å². The maximum Gasteiger partial charge on any atom is 0.292 e. The summed E-state index contributed by atoms with van der Waals surface area (Å²) in [7, 11) is 0. The maximum absolute atomic E-state index is 11.9. The molecule has 0 unspecified atom stereocenters. The van der Waals surface area contributed by atoms with Crippen LogP contribution in [0.1, 0.15) is 32.2 Å². The number of hydrogen-bond acceptors (Lipinski definition) is 9. The van der Waals surface area contributed by atoms with Crippen LogP contribution in [0.15, 0.2) is 65.0 Å². The van der Waals surface area contributed by atoms with Gasteiger partial charge in [-0.15, -0.1) is 11.3 Å². The number of nitrogens with zero attached hydrogens (tertiary/aromatic N) is 3. The molecule has 0 aliphatic carbocycles. The molecule has 1 amide bonds. The minimum atomic E-state index is -0.418. The Labute approximate surface area is 225 Å². The van der Waals surface area contributed by atoms with Crippen LogP contribution in [-0.4, -0.2) is 45.0 Å². The van der Waals surface area contributed by atoms with Crippen LogP contribution < -0.4 is 26.4 Å². The van der Waals surface area contributed by atoms with Gasteiger partial charge in [0.05, 0.1) is 26.7 Å². The first-order valence-corrected chi connectivity index (χ1v) is 12.5. The lowest BCUT2D eigenvalue weighted by Gasteiger charge is -2.07. The molecule has 192 valence electrons.